The van der Waals surface area contributed by atoms with Crippen LogP contribution in [-0.4, -0.2) is 28.3 Å². The maximum atomic E-state index is 12.4. The fourth-order valence-corrected chi connectivity index (χ4v) is 3.24. The molecule has 0 bridgehead atoms. The van der Waals surface area contributed by atoms with Crippen molar-refractivity contribution in [2.24, 2.45) is 0 Å². The van der Waals surface area contributed by atoms with Crippen LogP contribution in [0.5, 0.6) is 0 Å². The average molecular weight is 363 g/mol. The van der Waals surface area contributed by atoms with Crippen molar-refractivity contribution in [1.29, 1.82) is 0 Å². The van der Waals surface area contributed by atoms with Gasteiger partial charge in [0.2, 0.25) is 0 Å². The van der Waals surface area contributed by atoms with Gasteiger partial charge in [0.15, 0.2) is 5.76 Å². The van der Waals surface area contributed by atoms with Gasteiger partial charge in [-0.05, 0) is 52.2 Å². The van der Waals surface area contributed by atoms with E-state index in [1.165, 1.54) is 0 Å². The molecule has 0 saturated carbocycles. The van der Waals surface area contributed by atoms with E-state index in [0.29, 0.717) is 17.3 Å². The normalized spacial score (nSPS) is 17.8. The van der Waals surface area contributed by atoms with E-state index in [1.807, 2.05) is 52.0 Å². The van der Waals surface area contributed by atoms with Crippen molar-refractivity contribution in [3.63, 3.8) is 0 Å². The molecule has 1 amide bonds. The van der Waals surface area contributed by atoms with Crippen LogP contribution in [0.1, 0.15) is 50.9 Å². The van der Waals surface area contributed by atoms with Gasteiger partial charge in [-0.3, -0.25) is 4.90 Å². The number of likely N-dealkylation sites (tertiary alicyclic amines) is 1. The Morgan fingerprint density at radius 3 is 2.88 bits per heavy atom. The van der Waals surface area contributed by atoms with Gasteiger partial charge in [-0.15, -0.1) is 0 Å². The number of carbonyl (C=O) groups excluding carboxylic acids is 1. The molecule has 0 spiro atoms. The Kier molecular flexibility index (Phi) is 4.78. The summed E-state index contributed by atoms with van der Waals surface area (Å²) >= 11 is 6.19. The van der Waals surface area contributed by atoms with Gasteiger partial charge in [0.1, 0.15) is 11.3 Å². The van der Waals surface area contributed by atoms with E-state index < -0.39 is 5.60 Å². The molecule has 6 heteroatoms. The summed E-state index contributed by atoms with van der Waals surface area (Å²) in [4.78, 5) is 14.2. The van der Waals surface area contributed by atoms with E-state index in [4.69, 9.17) is 20.9 Å². The molecule has 1 saturated heterocycles. The molecular weight excluding hydrogens is 340 g/mol. The smallest absolute Gasteiger partial charge is 0.410 e. The summed E-state index contributed by atoms with van der Waals surface area (Å²) in [5.74, 6) is 0.658. The largest absolute Gasteiger partial charge is 0.444 e. The Hall–Kier alpha value is -2.01. The van der Waals surface area contributed by atoms with Crippen molar-refractivity contribution in [2.45, 2.75) is 52.2 Å². The molecule has 5 nitrogen and oxygen atoms in total. The van der Waals surface area contributed by atoms with Crippen molar-refractivity contribution >= 4 is 17.7 Å². The minimum Gasteiger partial charge on any atom is -0.444 e. The van der Waals surface area contributed by atoms with Crippen molar-refractivity contribution in [2.75, 3.05) is 6.54 Å². The topological polar surface area (TPSA) is 55.6 Å². The zero-order valence-corrected chi connectivity index (χ0v) is 15.8. The lowest BCUT2D eigenvalue weighted by atomic mass is 10.0. The van der Waals surface area contributed by atoms with Crippen LogP contribution in [0.15, 0.2) is 28.8 Å². The molecule has 0 aliphatic carbocycles. The predicted molar refractivity (Wildman–Crippen MR) is 96.6 cm³/mol. The first-order valence-corrected chi connectivity index (χ1v) is 8.86. The van der Waals surface area contributed by atoms with E-state index in [-0.39, 0.29) is 12.1 Å². The van der Waals surface area contributed by atoms with Gasteiger partial charge in [-0.2, -0.15) is 0 Å². The van der Waals surface area contributed by atoms with Crippen LogP contribution in [0.3, 0.4) is 0 Å². The fourth-order valence-electron chi connectivity index (χ4n) is 3.06. The lowest BCUT2D eigenvalue weighted by molar-refractivity contribution is 0.0219. The summed E-state index contributed by atoms with van der Waals surface area (Å²) in [6.07, 6.45) is 1.46. The van der Waals surface area contributed by atoms with Crippen LogP contribution in [0.4, 0.5) is 4.79 Å². The Bertz CT molecular complexity index is 779. The SMILES string of the molecule is Cc1c(Cl)cccc1-c1cc([C@@H]2CCCN2C(=O)OC(C)(C)C)no1. The summed E-state index contributed by atoms with van der Waals surface area (Å²) in [5.41, 5.74) is 2.09. The molecule has 0 radical (unpaired) electrons. The zero-order chi connectivity index (χ0) is 18.2. The maximum absolute atomic E-state index is 12.4. The van der Waals surface area contributed by atoms with Crippen molar-refractivity contribution in [3.05, 3.63) is 40.5 Å². The molecule has 25 heavy (non-hydrogen) atoms. The first-order valence-electron chi connectivity index (χ1n) is 8.48. The molecule has 0 unspecified atom stereocenters. The minimum absolute atomic E-state index is 0.119. The van der Waals surface area contributed by atoms with Crippen LogP contribution in [-0.2, 0) is 4.74 Å². The summed E-state index contributed by atoms with van der Waals surface area (Å²) in [7, 11) is 0. The number of ether oxygens (including phenoxy) is 1. The van der Waals surface area contributed by atoms with E-state index in [2.05, 4.69) is 5.16 Å². The number of hydrogen-bond donors (Lipinski definition) is 0. The maximum Gasteiger partial charge on any atom is 0.410 e. The van der Waals surface area contributed by atoms with Crippen LogP contribution in [0.25, 0.3) is 11.3 Å². The number of rotatable bonds is 2. The predicted octanol–water partition coefficient (Wildman–Crippen LogP) is 5.38. The molecule has 1 atom stereocenters. The number of aromatic nitrogens is 1. The molecule has 1 aliphatic rings. The van der Waals surface area contributed by atoms with Crippen molar-refractivity contribution in [1.82, 2.24) is 10.1 Å². The fraction of sp³-hybridized carbons (Fsp3) is 0.474. The minimum atomic E-state index is -0.517. The summed E-state index contributed by atoms with van der Waals surface area (Å²) in [5, 5.41) is 4.89. The van der Waals surface area contributed by atoms with Crippen LogP contribution in [0, 0.1) is 6.92 Å². The van der Waals surface area contributed by atoms with E-state index in [9.17, 15) is 4.79 Å². The summed E-state index contributed by atoms with van der Waals surface area (Å²) < 4.78 is 11.1. The van der Waals surface area contributed by atoms with Gasteiger partial charge in [0.05, 0.1) is 6.04 Å². The second kappa shape index (κ2) is 6.71. The second-order valence-corrected chi connectivity index (χ2v) is 7.77. The van der Waals surface area contributed by atoms with Gasteiger partial charge in [0, 0.05) is 23.2 Å². The van der Waals surface area contributed by atoms with Gasteiger partial charge in [0.25, 0.3) is 0 Å². The quantitative estimate of drug-likeness (QED) is 0.720. The zero-order valence-electron chi connectivity index (χ0n) is 15.0. The van der Waals surface area contributed by atoms with Gasteiger partial charge in [-0.1, -0.05) is 28.9 Å². The third kappa shape index (κ3) is 3.82. The first-order chi connectivity index (χ1) is 11.8. The molecule has 1 fully saturated rings. The Morgan fingerprint density at radius 2 is 2.16 bits per heavy atom. The highest BCUT2D eigenvalue weighted by Gasteiger charge is 2.35. The van der Waals surface area contributed by atoms with Crippen LogP contribution >= 0.6 is 11.6 Å². The van der Waals surface area contributed by atoms with Gasteiger partial charge in [-0.25, -0.2) is 4.79 Å². The number of hydrogen-bond acceptors (Lipinski definition) is 4. The van der Waals surface area contributed by atoms with E-state index >= 15 is 0 Å². The Balaban J connectivity index is 1.84. The summed E-state index contributed by atoms with van der Waals surface area (Å²) in [6.45, 7) is 8.21. The lowest BCUT2D eigenvalue weighted by Gasteiger charge is -2.27. The van der Waals surface area contributed by atoms with Crippen LogP contribution in [0.2, 0.25) is 5.02 Å². The average Bonchev–Trinajstić information content (AvgIpc) is 3.16. The molecule has 2 aromatic rings. The highest BCUT2D eigenvalue weighted by molar-refractivity contribution is 6.31. The highest BCUT2D eigenvalue weighted by atomic mass is 35.5. The monoisotopic (exact) mass is 362 g/mol. The van der Waals surface area contributed by atoms with Crippen molar-refractivity contribution < 1.29 is 14.1 Å². The molecule has 134 valence electrons. The third-order valence-corrected chi connectivity index (χ3v) is 4.69. The van der Waals surface area contributed by atoms with Gasteiger partial charge < -0.3 is 9.26 Å². The number of halogens is 1. The number of carbonyl (C=O) groups is 1. The Morgan fingerprint density at radius 1 is 1.40 bits per heavy atom. The van der Waals surface area contributed by atoms with Crippen LogP contribution < -0.4 is 0 Å². The molecule has 0 N–H and O–H groups in total. The molecule has 1 aliphatic heterocycles. The second-order valence-electron chi connectivity index (χ2n) is 7.36. The van der Waals surface area contributed by atoms with E-state index in [0.717, 1.165) is 29.7 Å². The number of nitrogens with zero attached hydrogens (tertiary/aromatic N) is 2. The van der Waals surface area contributed by atoms with Gasteiger partial charge >= 0.3 is 6.09 Å². The lowest BCUT2D eigenvalue weighted by Crippen LogP contribution is -2.36. The molecule has 3 rings (SSSR count). The Labute approximate surface area is 152 Å². The first kappa shape index (κ1) is 17.8. The van der Waals surface area contributed by atoms with E-state index in [1.54, 1.807) is 4.90 Å². The number of amides is 1. The molecule has 1 aromatic carbocycles. The molecular formula is C19H23ClN2O3. The van der Waals surface area contributed by atoms with Crippen molar-refractivity contribution in [3.8, 4) is 11.3 Å². The summed E-state index contributed by atoms with van der Waals surface area (Å²) in [6, 6.07) is 7.46. The highest BCUT2D eigenvalue weighted by Crippen LogP contribution is 2.36. The third-order valence-electron chi connectivity index (χ3n) is 4.28. The molecule has 1 aromatic heterocycles. The standard InChI is InChI=1S/C19H23ClN2O3/c1-12-13(7-5-8-14(12)20)17-11-15(21-25-17)16-9-6-10-22(16)18(23)24-19(2,3)4/h5,7-8,11,16H,6,9-10H2,1-4H3/t16-/m0/s1. The molecule has 2 heterocycles. The number of benzene rings is 1.